The van der Waals surface area contributed by atoms with Gasteiger partial charge in [-0.25, -0.2) is 0 Å². The van der Waals surface area contributed by atoms with Gasteiger partial charge in [0.2, 0.25) is 0 Å². The highest BCUT2D eigenvalue weighted by molar-refractivity contribution is 5.64. The number of piperidine rings is 1. The number of hydrogen-bond acceptors (Lipinski definition) is 3. The Balaban J connectivity index is 1.83. The van der Waals surface area contributed by atoms with Crippen LogP contribution in [0, 0.1) is 6.92 Å². The quantitative estimate of drug-likeness (QED) is 0.812. The fourth-order valence-corrected chi connectivity index (χ4v) is 3.65. The molecule has 3 rings (SSSR count). The SMILES string of the molecule is COCCCc1ccccc1-c1cc(C)c([C@@H]2CCCNC2)cn1. The average molecular weight is 324 g/mol. The molecule has 1 aliphatic heterocycles. The molecule has 3 nitrogen and oxygen atoms in total. The Morgan fingerprint density at radius 3 is 2.92 bits per heavy atom. The number of nitrogens with zero attached hydrogens (tertiary/aromatic N) is 1. The Bertz CT molecular complexity index is 663. The van der Waals surface area contributed by atoms with Crippen LogP contribution in [0.2, 0.25) is 0 Å². The van der Waals surface area contributed by atoms with Crippen LogP contribution in [-0.4, -0.2) is 31.8 Å². The Morgan fingerprint density at radius 1 is 1.29 bits per heavy atom. The lowest BCUT2D eigenvalue weighted by atomic mass is 9.89. The van der Waals surface area contributed by atoms with E-state index in [9.17, 15) is 0 Å². The normalized spacial score (nSPS) is 17.8. The highest BCUT2D eigenvalue weighted by Gasteiger charge is 2.18. The van der Waals surface area contributed by atoms with Gasteiger partial charge in [0.25, 0.3) is 0 Å². The molecule has 1 aromatic carbocycles. The first-order valence-electron chi connectivity index (χ1n) is 9.04. The van der Waals surface area contributed by atoms with Crippen molar-refractivity contribution in [1.82, 2.24) is 10.3 Å². The molecule has 2 heterocycles. The average Bonchev–Trinajstić information content (AvgIpc) is 2.63. The molecule has 24 heavy (non-hydrogen) atoms. The molecule has 1 N–H and O–H groups in total. The number of benzene rings is 1. The van der Waals surface area contributed by atoms with E-state index >= 15 is 0 Å². The maximum absolute atomic E-state index is 5.19. The van der Waals surface area contributed by atoms with Gasteiger partial charge in [-0.15, -0.1) is 0 Å². The lowest BCUT2D eigenvalue weighted by Gasteiger charge is -2.24. The number of ether oxygens (including phenoxy) is 1. The molecule has 0 unspecified atom stereocenters. The Kier molecular flexibility index (Phi) is 6.00. The summed E-state index contributed by atoms with van der Waals surface area (Å²) in [6.07, 6.45) is 6.70. The van der Waals surface area contributed by atoms with Crippen LogP contribution in [0.5, 0.6) is 0 Å². The summed E-state index contributed by atoms with van der Waals surface area (Å²) in [5.41, 5.74) is 6.47. The monoisotopic (exact) mass is 324 g/mol. The molecule has 0 saturated carbocycles. The molecule has 0 spiro atoms. The Labute approximate surface area is 145 Å². The van der Waals surface area contributed by atoms with Crippen LogP contribution in [0.1, 0.15) is 41.9 Å². The van der Waals surface area contributed by atoms with Crippen molar-refractivity contribution in [1.29, 1.82) is 0 Å². The summed E-state index contributed by atoms with van der Waals surface area (Å²) in [7, 11) is 1.76. The van der Waals surface area contributed by atoms with Crippen molar-refractivity contribution < 1.29 is 4.74 Å². The van der Waals surface area contributed by atoms with Gasteiger partial charge in [0, 0.05) is 32.0 Å². The zero-order valence-electron chi connectivity index (χ0n) is 14.8. The van der Waals surface area contributed by atoms with E-state index in [1.54, 1.807) is 7.11 Å². The van der Waals surface area contributed by atoms with Crippen molar-refractivity contribution in [2.24, 2.45) is 0 Å². The summed E-state index contributed by atoms with van der Waals surface area (Å²) in [6.45, 7) is 5.25. The molecule has 3 heteroatoms. The largest absolute Gasteiger partial charge is 0.385 e. The molecule has 1 aliphatic rings. The second kappa shape index (κ2) is 8.41. The lowest BCUT2D eigenvalue weighted by molar-refractivity contribution is 0.195. The summed E-state index contributed by atoms with van der Waals surface area (Å²) in [5, 5.41) is 3.51. The summed E-state index contributed by atoms with van der Waals surface area (Å²) >= 11 is 0. The van der Waals surface area contributed by atoms with Gasteiger partial charge in [-0.3, -0.25) is 4.98 Å². The minimum atomic E-state index is 0.609. The molecule has 0 radical (unpaired) electrons. The van der Waals surface area contributed by atoms with Gasteiger partial charge in [0.1, 0.15) is 0 Å². The molecule has 1 atom stereocenters. The van der Waals surface area contributed by atoms with Crippen LogP contribution < -0.4 is 5.32 Å². The molecule has 0 bridgehead atoms. The third kappa shape index (κ3) is 4.03. The highest BCUT2D eigenvalue weighted by atomic mass is 16.5. The number of methoxy groups -OCH3 is 1. The van der Waals surface area contributed by atoms with Gasteiger partial charge in [-0.1, -0.05) is 24.3 Å². The fraction of sp³-hybridized carbons (Fsp3) is 0.476. The standard InChI is InChI=1S/C21H28N2O/c1-16-13-21(23-15-20(16)18-8-5-11-22-14-18)19-10-4-3-7-17(19)9-6-12-24-2/h3-4,7,10,13,15,18,22H,5-6,8-9,11-12,14H2,1-2H3/t18-/m1/s1. The van der Waals surface area contributed by atoms with E-state index in [4.69, 9.17) is 9.72 Å². The van der Waals surface area contributed by atoms with Gasteiger partial charge in [-0.05, 0) is 67.8 Å². The molecule has 128 valence electrons. The van der Waals surface area contributed by atoms with Gasteiger partial charge >= 0.3 is 0 Å². The van der Waals surface area contributed by atoms with Crippen molar-refractivity contribution in [3.63, 3.8) is 0 Å². The van der Waals surface area contributed by atoms with E-state index in [0.29, 0.717) is 5.92 Å². The zero-order valence-corrected chi connectivity index (χ0v) is 14.8. The lowest BCUT2D eigenvalue weighted by Crippen LogP contribution is -2.28. The zero-order chi connectivity index (χ0) is 16.8. The van der Waals surface area contributed by atoms with Crippen LogP contribution in [0.3, 0.4) is 0 Å². The van der Waals surface area contributed by atoms with E-state index in [1.807, 2.05) is 0 Å². The second-order valence-electron chi connectivity index (χ2n) is 6.72. The van der Waals surface area contributed by atoms with E-state index in [-0.39, 0.29) is 0 Å². The fourth-order valence-electron chi connectivity index (χ4n) is 3.65. The number of aryl methyl sites for hydroxylation is 2. The minimum absolute atomic E-state index is 0.609. The first kappa shape index (κ1) is 17.1. The maximum Gasteiger partial charge on any atom is 0.0707 e. The third-order valence-electron chi connectivity index (χ3n) is 4.98. The van der Waals surface area contributed by atoms with Crippen molar-refractivity contribution in [2.75, 3.05) is 26.8 Å². The minimum Gasteiger partial charge on any atom is -0.385 e. The molecule has 0 amide bonds. The molecule has 1 saturated heterocycles. The number of pyridine rings is 1. The third-order valence-corrected chi connectivity index (χ3v) is 4.98. The van der Waals surface area contributed by atoms with Gasteiger partial charge in [0.05, 0.1) is 5.69 Å². The van der Waals surface area contributed by atoms with E-state index in [0.717, 1.165) is 38.2 Å². The first-order valence-corrected chi connectivity index (χ1v) is 9.04. The van der Waals surface area contributed by atoms with Gasteiger partial charge in [0.15, 0.2) is 0 Å². The maximum atomic E-state index is 5.19. The summed E-state index contributed by atoms with van der Waals surface area (Å²) in [5.74, 6) is 0.609. The van der Waals surface area contributed by atoms with Crippen molar-refractivity contribution in [3.05, 3.63) is 53.2 Å². The molecular weight excluding hydrogens is 296 g/mol. The first-order chi connectivity index (χ1) is 11.8. The summed E-state index contributed by atoms with van der Waals surface area (Å²) < 4.78 is 5.19. The number of rotatable bonds is 6. The molecule has 2 aromatic rings. The molecular formula is C21H28N2O. The topological polar surface area (TPSA) is 34.1 Å². The van der Waals surface area contributed by atoms with Crippen LogP contribution in [0.15, 0.2) is 36.5 Å². The van der Waals surface area contributed by atoms with Crippen molar-refractivity contribution >= 4 is 0 Å². The Morgan fingerprint density at radius 2 is 2.17 bits per heavy atom. The number of nitrogens with one attached hydrogen (secondary N) is 1. The molecule has 1 fully saturated rings. The Hall–Kier alpha value is -1.71. The highest BCUT2D eigenvalue weighted by Crippen LogP contribution is 2.29. The van der Waals surface area contributed by atoms with E-state index in [1.165, 1.54) is 35.1 Å². The summed E-state index contributed by atoms with van der Waals surface area (Å²) in [4.78, 5) is 4.81. The smallest absolute Gasteiger partial charge is 0.0707 e. The van der Waals surface area contributed by atoms with Crippen molar-refractivity contribution in [3.8, 4) is 11.3 Å². The predicted octanol–water partition coefficient (Wildman–Crippen LogP) is 4.10. The van der Waals surface area contributed by atoms with E-state index in [2.05, 4.69) is 48.8 Å². The van der Waals surface area contributed by atoms with Crippen LogP contribution in [0.25, 0.3) is 11.3 Å². The second-order valence-corrected chi connectivity index (χ2v) is 6.72. The van der Waals surface area contributed by atoms with Gasteiger partial charge < -0.3 is 10.1 Å². The van der Waals surface area contributed by atoms with Crippen LogP contribution in [0.4, 0.5) is 0 Å². The number of hydrogen-bond donors (Lipinski definition) is 1. The number of aromatic nitrogens is 1. The van der Waals surface area contributed by atoms with E-state index < -0.39 is 0 Å². The van der Waals surface area contributed by atoms with Crippen molar-refractivity contribution in [2.45, 2.75) is 38.5 Å². The van der Waals surface area contributed by atoms with Crippen LogP contribution >= 0.6 is 0 Å². The van der Waals surface area contributed by atoms with Crippen LogP contribution in [-0.2, 0) is 11.2 Å². The predicted molar refractivity (Wildman–Crippen MR) is 99.5 cm³/mol. The molecule has 0 aliphatic carbocycles. The molecule has 1 aromatic heterocycles. The van der Waals surface area contributed by atoms with Gasteiger partial charge in [-0.2, -0.15) is 0 Å². The summed E-state index contributed by atoms with van der Waals surface area (Å²) in [6, 6.07) is 10.9.